The number of likely N-dealkylation sites (N-methyl/N-ethyl adjacent to an activating group) is 1. The normalized spacial score (nSPS) is 13.3. The highest BCUT2D eigenvalue weighted by atomic mass is 16.5. The SMILES string of the molecule is COc1cc(C(=O)N(C)c2ccc(C)cc2OCCCCC(=C=O)N2CCN(C)CC2)ccc1OCc1ccccc1. The monoisotopic (exact) mass is 571 g/mol. The molecule has 0 N–H and O–H groups in total. The maximum Gasteiger partial charge on any atom is 0.258 e. The molecule has 1 saturated heterocycles. The van der Waals surface area contributed by atoms with Crippen LogP contribution in [0.1, 0.15) is 40.7 Å². The van der Waals surface area contributed by atoms with Crippen LogP contribution < -0.4 is 19.1 Å². The van der Waals surface area contributed by atoms with Crippen molar-refractivity contribution in [2.45, 2.75) is 32.8 Å². The number of rotatable bonds is 13. The zero-order valence-corrected chi connectivity index (χ0v) is 25.1. The van der Waals surface area contributed by atoms with Crippen molar-refractivity contribution in [1.82, 2.24) is 9.80 Å². The number of piperazine rings is 1. The molecule has 1 amide bonds. The number of ether oxygens (including phenoxy) is 3. The Labute approximate surface area is 249 Å². The summed E-state index contributed by atoms with van der Waals surface area (Å²) in [6.07, 6.45) is 2.29. The van der Waals surface area contributed by atoms with Crippen LogP contribution in [0, 0.1) is 6.92 Å². The lowest BCUT2D eigenvalue weighted by Crippen LogP contribution is -2.44. The van der Waals surface area contributed by atoms with Gasteiger partial charge in [0.1, 0.15) is 18.3 Å². The summed E-state index contributed by atoms with van der Waals surface area (Å²) in [5.41, 5.74) is 3.99. The highest BCUT2D eigenvalue weighted by Crippen LogP contribution is 2.33. The van der Waals surface area contributed by atoms with Crippen LogP contribution in [0.15, 0.2) is 72.4 Å². The average Bonchev–Trinajstić information content (AvgIpc) is 3.02. The molecule has 4 rings (SSSR count). The average molecular weight is 572 g/mol. The van der Waals surface area contributed by atoms with Gasteiger partial charge in [-0.2, -0.15) is 0 Å². The van der Waals surface area contributed by atoms with Gasteiger partial charge in [-0.25, -0.2) is 4.79 Å². The standard InChI is InChI=1S/C34H41N3O5/c1-26-13-15-30(32(22-26)41-21-9-8-12-29(24-38)37-19-17-35(2)18-20-37)36(3)34(39)28-14-16-31(33(23-28)40-4)42-25-27-10-6-5-7-11-27/h5-7,10-11,13-16,22-23H,8-9,12,17-21,25H2,1-4H3. The molecule has 0 radical (unpaired) electrons. The van der Waals surface area contributed by atoms with Crippen molar-refractivity contribution in [3.8, 4) is 17.2 Å². The van der Waals surface area contributed by atoms with Crippen molar-refractivity contribution in [1.29, 1.82) is 0 Å². The highest BCUT2D eigenvalue weighted by Gasteiger charge is 2.20. The summed E-state index contributed by atoms with van der Waals surface area (Å²) in [6.45, 7) is 6.51. The van der Waals surface area contributed by atoms with Gasteiger partial charge in [0.25, 0.3) is 5.91 Å². The maximum atomic E-state index is 13.5. The number of hydrogen-bond acceptors (Lipinski definition) is 7. The number of nitrogens with zero attached hydrogens (tertiary/aromatic N) is 3. The molecular formula is C34H41N3O5. The van der Waals surface area contributed by atoms with Crippen LogP contribution in [0.3, 0.4) is 0 Å². The summed E-state index contributed by atoms with van der Waals surface area (Å²) in [5.74, 6) is 3.67. The number of carbonyl (C=O) groups is 1. The second-order valence-corrected chi connectivity index (χ2v) is 10.6. The molecule has 3 aromatic carbocycles. The molecule has 1 fully saturated rings. The van der Waals surface area contributed by atoms with E-state index < -0.39 is 0 Å². The molecule has 0 atom stereocenters. The van der Waals surface area contributed by atoms with Crippen molar-refractivity contribution >= 4 is 17.5 Å². The fourth-order valence-corrected chi connectivity index (χ4v) is 4.90. The highest BCUT2D eigenvalue weighted by molar-refractivity contribution is 6.06. The molecule has 8 heteroatoms. The Balaban J connectivity index is 1.35. The molecule has 0 aromatic heterocycles. The van der Waals surface area contributed by atoms with Gasteiger partial charge in [-0.05, 0) is 74.7 Å². The van der Waals surface area contributed by atoms with Crippen LogP contribution in [0.2, 0.25) is 0 Å². The summed E-state index contributed by atoms with van der Waals surface area (Å²) in [5, 5.41) is 0. The van der Waals surface area contributed by atoms with Crippen LogP contribution in [-0.2, 0) is 11.4 Å². The van der Waals surface area contributed by atoms with E-state index in [2.05, 4.69) is 22.8 Å². The van der Waals surface area contributed by atoms with Gasteiger partial charge in [-0.3, -0.25) is 4.79 Å². The Morgan fingerprint density at radius 3 is 2.38 bits per heavy atom. The van der Waals surface area contributed by atoms with E-state index in [4.69, 9.17) is 14.2 Å². The predicted molar refractivity (Wildman–Crippen MR) is 165 cm³/mol. The van der Waals surface area contributed by atoms with Gasteiger partial charge >= 0.3 is 0 Å². The third kappa shape index (κ3) is 8.15. The van der Waals surface area contributed by atoms with Gasteiger partial charge < -0.3 is 28.9 Å². The van der Waals surface area contributed by atoms with E-state index >= 15 is 0 Å². The summed E-state index contributed by atoms with van der Waals surface area (Å²) in [4.78, 5) is 31.1. The van der Waals surface area contributed by atoms with Gasteiger partial charge in [-0.15, -0.1) is 0 Å². The Bertz CT molecular complexity index is 1380. The van der Waals surface area contributed by atoms with Crippen LogP contribution in [0.4, 0.5) is 5.69 Å². The van der Waals surface area contributed by atoms with E-state index in [0.717, 1.165) is 55.8 Å². The van der Waals surface area contributed by atoms with Crippen molar-refractivity contribution < 1.29 is 23.8 Å². The van der Waals surface area contributed by atoms with Crippen LogP contribution in [0.5, 0.6) is 17.2 Å². The first-order valence-electron chi connectivity index (χ1n) is 14.4. The minimum atomic E-state index is -0.190. The molecule has 1 heterocycles. The van der Waals surface area contributed by atoms with E-state index in [9.17, 15) is 9.59 Å². The van der Waals surface area contributed by atoms with Crippen LogP contribution in [0.25, 0.3) is 0 Å². The zero-order valence-electron chi connectivity index (χ0n) is 25.1. The molecule has 0 bridgehead atoms. The van der Waals surface area contributed by atoms with E-state index in [0.29, 0.717) is 48.1 Å². The minimum Gasteiger partial charge on any atom is -0.493 e. The molecule has 3 aromatic rings. The van der Waals surface area contributed by atoms with Crippen LogP contribution >= 0.6 is 0 Å². The summed E-state index contributed by atoms with van der Waals surface area (Å²) < 4.78 is 17.7. The first-order valence-corrected chi connectivity index (χ1v) is 14.4. The van der Waals surface area contributed by atoms with Crippen LogP contribution in [-0.4, -0.2) is 75.6 Å². The number of unbranched alkanes of at least 4 members (excludes halogenated alkanes) is 1. The molecule has 0 spiro atoms. The predicted octanol–water partition coefficient (Wildman–Crippen LogP) is 5.37. The molecule has 0 saturated carbocycles. The molecule has 1 aliphatic heterocycles. The Morgan fingerprint density at radius 1 is 0.905 bits per heavy atom. The van der Waals surface area contributed by atoms with E-state index in [1.54, 1.807) is 37.3 Å². The molecule has 42 heavy (non-hydrogen) atoms. The van der Waals surface area contributed by atoms with Crippen molar-refractivity contribution in [2.75, 3.05) is 58.9 Å². The van der Waals surface area contributed by atoms with Crippen molar-refractivity contribution in [3.05, 3.63) is 89.1 Å². The van der Waals surface area contributed by atoms with Gasteiger partial charge in [0, 0.05) is 38.8 Å². The smallest absolute Gasteiger partial charge is 0.258 e. The molecular weight excluding hydrogens is 530 g/mol. The fourth-order valence-electron chi connectivity index (χ4n) is 4.90. The fraction of sp³-hybridized carbons (Fsp3) is 0.382. The van der Waals surface area contributed by atoms with E-state index in [1.165, 1.54) is 0 Å². The number of methoxy groups -OCH3 is 1. The zero-order chi connectivity index (χ0) is 29.9. The second kappa shape index (κ2) is 15.1. The molecule has 8 nitrogen and oxygen atoms in total. The third-order valence-electron chi connectivity index (χ3n) is 7.50. The van der Waals surface area contributed by atoms with Gasteiger partial charge in [0.05, 0.1) is 25.1 Å². The Kier molecular flexibility index (Phi) is 11.0. The Morgan fingerprint density at radius 2 is 1.67 bits per heavy atom. The number of hydrogen-bond donors (Lipinski definition) is 0. The van der Waals surface area contributed by atoms with Crippen molar-refractivity contribution in [2.24, 2.45) is 0 Å². The number of anilines is 1. The number of amides is 1. The Hall–Kier alpha value is -4.26. The van der Waals surface area contributed by atoms with Crippen molar-refractivity contribution in [3.63, 3.8) is 0 Å². The topological polar surface area (TPSA) is 71.5 Å². The number of allylic oxidation sites excluding steroid dienone is 1. The molecule has 0 unspecified atom stereocenters. The first-order chi connectivity index (χ1) is 20.4. The second-order valence-electron chi connectivity index (χ2n) is 10.6. The molecule has 1 aliphatic rings. The lowest BCUT2D eigenvalue weighted by atomic mass is 10.1. The van der Waals surface area contributed by atoms with E-state index in [-0.39, 0.29) is 5.91 Å². The number of benzene rings is 3. The van der Waals surface area contributed by atoms with Gasteiger partial charge in [-0.1, -0.05) is 36.4 Å². The summed E-state index contributed by atoms with van der Waals surface area (Å²) in [7, 11) is 5.40. The largest absolute Gasteiger partial charge is 0.493 e. The van der Waals surface area contributed by atoms with Gasteiger partial charge in [0.15, 0.2) is 11.5 Å². The quantitative estimate of drug-likeness (QED) is 0.202. The minimum absolute atomic E-state index is 0.190. The summed E-state index contributed by atoms with van der Waals surface area (Å²) >= 11 is 0. The lowest BCUT2D eigenvalue weighted by molar-refractivity contribution is 0.0991. The number of aryl methyl sites for hydroxylation is 1. The van der Waals surface area contributed by atoms with E-state index in [1.807, 2.05) is 55.5 Å². The lowest BCUT2D eigenvalue weighted by Gasteiger charge is -2.34. The first kappa shape index (κ1) is 30.7. The third-order valence-corrected chi connectivity index (χ3v) is 7.50. The maximum absolute atomic E-state index is 13.5. The van der Waals surface area contributed by atoms with Gasteiger partial charge in [0.2, 0.25) is 0 Å². The number of carbonyl (C=O) groups excluding carboxylic acids is 2. The summed E-state index contributed by atoms with van der Waals surface area (Å²) in [6, 6.07) is 20.9. The molecule has 0 aliphatic carbocycles. The molecule has 222 valence electrons.